The second kappa shape index (κ2) is 5.16. The number of rotatable bonds is 3. The van der Waals surface area contributed by atoms with Crippen molar-refractivity contribution in [3.8, 4) is 0 Å². The molecular weight excluding hydrogens is 273 g/mol. The van der Waals surface area contributed by atoms with Crippen LogP contribution in [-0.2, 0) is 19.5 Å². The number of nitrogens with two attached hydrogens (primary N) is 1. The molecule has 2 N–H and O–H groups in total. The van der Waals surface area contributed by atoms with E-state index in [1.54, 1.807) is 7.05 Å². The molecule has 0 atom stereocenters. The molecule has 1 aromatic carbocycles. The highest BCUT2D eigenvalue weighted by Gasteiger charge is 2.20. The number of hydrogen-bond donors (Lipinski definition) is 1. The van der Waals surface area contributed by atoms with Gasteiger partial charge in [-0.1, -0.05) is 0 Å². The molecule has 0 aliphatic carbocycles. The largest absolute Gasteiger partial charge is 0.399 e. The van der Waals surface area contributed by atoms with Crippen molar-refractivity contribution < 1.29 is 9.18 Å². The van der Waals surface area contributed by atoms with Crippen LogP contribution in [0.5, 0.6) is 0 Å². The maximum Gasteiger partial charge on any atom is 0.254 e. The van der Waals surface area contributed by atoms with Crippen LogP contribution in [0.2, 0.25) is 0 Å². The van der Waals surface area contributed by atoms with Crippen molar-refractivity contribution in [2.75, 3.05) is 12.8 Å². The van der Waals surface area contributed by atoms with Crippen molar-refractivity contribution in [3.05, 3.63) is 41.2 Å². The van der Waals surface area contributed by atoms with Crippen molar-refractivity contribution in [3.63, 3.8) is 0 Å². The molecule has 21 heavy (non-hydrogen) atoms. The Balaban J connectivity index is 1.78. The van der Waals surface area contributed by atoms with Crippen LogP contribution in [0.4, 0.5) is 10.1 Å². The zero-order chi connectivity index (χ0) is 15.0. The highest BCUT2D eigenvalue weighted by Crippen LogP contribution is 2.17. The molecule has 2 aromatic rings. The number of amides is 1. The fourth-order valence-corrected chi connectivity index (χ4v) is 2.57. The van der Waals surface area contributed by atoms with Gasteiger partial charge in [0, 0.05) is 31.3 Å². The van der Waals surface area contributed by atoms with Gasteiger partial charge in [0.1, 0.15) is 11.6 Å². The summed E-state index contributed by atoms with van der Waals surface area (Å²) in [6.07, 6.45) is 1.97. The zero-order valence-electron chi connectivity index (χ0n) is 11.7. The Morgan fingerprint density at radius 2 is 2.24 bits per heavy atom. The normalized spacial score (nSPS) is 13.2. The molecule has 110 valence electrons. The second-order valence-corrected chi connectivity index (χ2v) is 5.22. The minimum atomic E-state index is -0.518. The molecule has 1 aromatic heterocycles. The first-order valence-corrected chi connectivity index (χ1v) is 6.77. The van der Waals surface area contributed by atoms with Gasteiger partial charge in [0.25, 0.3) is 5.91 Å². The molecule has 0 unspecified atom stereocenters. The van der Waals surface area contributed by atoms with Gasteiger partial charge in [-0.2, -0.15) is 0 Å². The molecule has 1 aliphatic heterocycles. The van der Waals surface area contributed by atoms with Crippen LogP contribution in [0, 0.1) is 5.82 Å². The monoisotopic (exact) mass is 289 g/mol. The predicted octanol–water partition coefficient (Wildman–Crippen LogP) is 1.22. The topological polar surface area (TPSA) is 77.0 Å². The Kier molecular flexibility index (Phi) is 3.32. The number of anilines is 1. The number of aromatic nitrogens is 3. The van der Waals surface area contributed by atoms with E-state index in [4.69, 9.17) is 5.73 Å². The van der Waals surface area contributed by atoms with E-state index in [0.29, 0.717) is 6.54 Å². The lowest BCUT2D eigenvalue weighted by atomic mass is 10.1. The van der Waals surface area contributed by atoms with E-state index in [9.17, 15) is 9.18 Å². The Morgan fingerprint density at radius 1 is 1.43 bits per heavy atom. The molecular formula is C14H16FN5O. The SMILES string of the molecule is CN(Cc1nnc2n1CCC2)C(=O)c1cc(N)cc(F)c1. The average Bonchev–Trinajstić information content (AvgIpc) is 3.01. The van der Waals surface area contributed by atoms with Crippen LogP contribution in [0.25, 0.3) is 0 Å². The summed E-state index contributed by atoms with van der Waals surface area (Å²) in [6, 6.07) is 3.84. The summed E-state index contributed by atoms with van der Waals surface area (Å²) < 4.78 is 15.4. The molecule has 0 saturated carbocycles. The number of nitrogens with zero attached hydrogens (tertiary/aromatic N) is 4. The zero-order valence-corrected chi connectivity index (χ0v) is 11.7. The van der Waals surface area contributed by atoms with Crippen LogP contribution < -0.4 is 5.73 Å². The third kappa shape index (κ3) is 2.58. The van der Waals surface area contributed by atoms with E-state index < -0.39 is 5.82 Å². The Hall–Kier alpha value is -2.44. The molecule has 0 radical (unpaired) electrons. The van der Waals surface area contributed by atoms with E-state index in [1.807, 2.05) is 4.57 Å². The molecule has 0 bridgehead atoms. The minimum Gasteiger partial charge on any atom is -0.399 e. The van der Waals surface area contributed by atoms with Crippen LogP contribution in [-0.4, -0.2) is 32.6 Å². The Morgan fingerprint density at radius 3 is 3.00 bits per heavy atom. The first-order chi connectivity index (χ1) is 10.0. The standard InChI is InChI=1S/C14H16FN5O/c1-19(8-13-18-17-12-3-2-4-20(12)13)14(21)9-5-10(15)7-11(16)6-9/h5-7H,2-4,8,16H2,1H3. The Labute approximate surface area is 121 Å². The number of hydrogen-bond acceptors (Lipinski definition) is 4. The lowest BCUT2D eigenvalue weighted by molar-refractivity contribution is 0.0779. The number of fused-ring (bicyclic) bond motifs is 1. The van der Waals surface area contributed by atoms with Crippen LogP contribution >= 0.6 is 0 Å². The van der Waals surface area contributed by atoms with E-state index >= 15 is 0 Å². The van der Waals surface area contributed by atoms with Crippen molar-refractivity contribution in [1.29, 1.82) is 0 Å². The number of nitrogen functional groups attached to an aromatic ring is 1. The molecule has 0 fully saturated rings. The summed E-state index contributed by atoms with van der Waals surface area (Å²) >= 11 is 0. The predicted molar refractivity (Wildman–Crippen MR) is 75.0 cm³/mol. The molecule has 1 aliphatic rings. The van der Waals surface area contributed by atoms with Gasteiger partial charge < -0.3 is 15.2 Å². The smallest absolute Gasteiger partial charge is 0.254 e. The molecule has 6 nitrogen and oxygen atoms in total. The van der Waals surface area contributed by atoms with Gasteiger partial charge in [0.15, 0.2) is 5.82 Å². The van der Waals surface area contributed by atoms with Crippen molar-refractivity contribution >= 4 is 11.6 Å². The number of halogens is 1. The molecule has 1 amide bonds. The van der Waals surface area contributed by atoms with Gasteiger partial charge in [0.2, 0.25) is 0 Å². The van der Waals surface area contributed by atoms with Gasteiger partial charge in [0.05, 0.1) is 6.54 Å². The van der Waals surface area contributed by atoms with Gasteiger partial charge >= 0.3 is 0 Å². The summed E-state index contributed by atoms with van der Waals surface area (Å²) in [5.74, 6) is 0.898. The van der Waals surface area contributed by atoms with Crippen LogP contribution in [0.1, 0.15) is 28.4 Å². The van der Waals surface area contributed by atoms with E-state index in [1.165, 1.54) is 23.1 Å². The van der Waals surface area contributed by atoms with E-state index in [2.05, 4.69) is 10.2 Å². The molecule has 3 rings (SSSR count). The highest BCUT2D eigenvalue weighted by molar-refractivity contribution is 5.94. The Bertz CT molecular complexity index is 676. The summed E-state index contributed by atoms with van der Waals surface area (Å²) in [6.45, 7) is 1.22. The minimum absolute atomic E-state index is 0.232. The number of benzene rings is 1. The quantitative estimate of drug-likeness (QED) is 0.862. The number of carbonyl (C=O) groups is 1. The highest BCUT2D eigenvalue weighted by atomic mass is 19.1. The molecule has 2 heterocycles. The average molecular weight is 289 g/mol. The summed E-state index contributed by atoms with van der Waals surface area (Å²) in [5, 5.41) is 8.21. The second-order valence-electron chi connectivity index (χ2n) is 5.22. The van der Waals surface area contributed by atoms with Gasteiger partial charge in [-0.15, -0.1) is 10.2 Å². The lowest BCUT2D eigenvalue weighted by Crippen LogP contribution is -2.28. The van der Waals surface area contributed by atoms with Crippen molar-refractivity contribution in [2.45, 2.75) is 25.9 Å². The lowest BCUT2D eigenvalue weighted by Gasteiger charge is -2.17. The van der Waals surface area contributed by atoms with Crippen molar-refractivity contribution in [1.82, 2.24) is 19.7 Å². The molecule has 0 spiro atoms. The van der Waals surface area contributed by atoms with Gasteiger partial charge in [-0.05, 0) is 24.6 Å². The molecule has 7 heteroatoms. The summed E-state index contributed by atoms with van der Waals surface area (Å²) in [4.78, 5) is 13.8. The first kappa shape index (κ1) is 13.5. The number of aryl methyl sites for hydroxylation is 1. The maximum absolute atomic E-state index is 13.3. The van der Waals surface area contributed by atoms with E-state index in [-0.39, 0.29) is 17.2 Å². The van der Waals surface area contributed by atoms with Gasteiger partial charge in [-0.25, -0.2) is 4.39 Å². The van der Waals surface area contributed by atoms with Crippen LogP contribution in [0.3, 0.4) is 0 Å². The third-order valence-corrected chi connectivity index (χ3v) is 3.58. The summed E-state index contributed by atoms with van der Waals surface area (Å²) in [5.41, 5.74) is 6.03. The van der Waals surface area contributed by atoms with E-state index in [0.717, 1.165) is 31.0 Å². The number of carbonyl (C=O) groups excluding carboxylic acids is 1. The molecule has 0 saturated heterocycles. The van der Waals surface area contributed by atoms with Gasteiger partial charge in [-0.3, -0.25) is 4.79 Å². The first-order valence-electron chi connectivity index (χ1n) is 6.77. The summed E-state index contributed by atoms with van der Waals surface area (Å²) in [7, 11) is 1.65. The van der Waals surface area contributed by atoms with Crippen molar-refractivity contribution in [2.24, 2.45) is 0 Å². The fraction of sp³-hybridized carbons (Fsp3) is 0.357. The maximum atomic E-state index is 13.3. The third-order valence-electron chi connectivity index (χ3n) is 3.58. The fourth-order valence-electron chi connectivity index (χ4n) is 2.57. The van der Waals surface area contributed by atoms with Crippen LogP contribution in [0.15, 0.2) is 18.2 Å².